The van der Waals surface area contributed by atoms with E-state index >= 15 is 0 Å². The Morgan fingerprint density at radius 1 is 0.868 bits per heavy atom. The Balaban J connectivity index is 1.91. The number of hydrogen-bond acceptors (Lipinski definition) is 4. The van der Waals surface area contributed by atoms with Crippen LogP contribution in [0.5, 0.6) is 0 Å². The molecule has 0 heterocycles. The van der Waals surface area contributed by atoms with Crippen molar-refractivity contribution >= 4 is 23.5 Å². The van der Waals surface area contributed by atoms with E-state index in [0.29, 0.717) is 31.1 Å². The van der Waals surface area contributed by atoms with Gasteiger partial charge in [0.2, 0.25) is 0 Å². The zero-order valence-corrected chi connectivity index (χ0v) is 26.7. The average molecular weight is 551 g/mol. The zero-order valence-electron chi connectivity index (χ0n) is 25.9. The Labute approximate surface area is 241 Å². The van der Waals surface area contributed by atoms with Crippen molar-refractivity contribution in [1.82, 2.24) is 0 Å². The smallest absolute Gasteiger partial charge is 0.306 e. The number of rotatable bonds is 24. The van der Waals surface area contributed by atoms with Crippen molar-refractivity contribution in [3.63, 3.8) is 0 Å². The number of carbonyl (C=O) groups excluding carboxylic acids is 2. The first kappa shape index (κ1) is 35.3. The summed E-state index contributed by atoms with van der Waals surface area (Å²) < 4.78 is 5.43. The van der Waals surface area contributed by atoms with Crippen molar-refractivity contribution in [3.05, 3.63) is 12.2 Å². The number of Topliss-reactive ketones (excluding diaryl/α,β-unsaturated/α-hetero) is 1. The fourth-order valence-corrected chi connectivity index (χ4v) is 6.96. The molecule has 0 aromatic carbocycles. The van der Waals surface area contributed by atoms with Gasteiger partial charge in [0.1, 0.15) is 5.78 Å². The van der Waals surface area contributed by atoms with Gasteiger partial charge in [0.25, 0.3) is 0 Å². The van der Waals surface area contributed by atoms with Gasteiger partial charge in [0.15, 0.2) is 0 Å². The summed E-state index contributed by atoms with van der Waals surface area (Å²) in [4.78, 5) is 25.0. The third-order valence-electron chi connectivity index (χ3n) is 8.26. The third kappa shape index (κ3) is 17.0. The van der Waals surface area contributed by atoms with Gasteiger partial charge in [-0.25, -0.2) is 0 Å². The first-order valence-corrected chi connectivity index (χ1v) is 17.3. The van der Waals surface area contributed by atoms with Gasteiger partial charge >= 0.3 is 5.97 Å². The summed E-state index contributed by atoms with van der Waals surface area (Å²) in [6, 6.07) is 0. The van der Waals surface area contributed by atoms with E-state index in [9.17, 15) is 9.59 Å². The second-order valence-corrected chi connectivity index (χ2v) is 14.1. The van der Waals surface area contributed by atoms with Gasteiger partial charge in [0.05, 0.1) is 13.0 Å². The predicted octanol–water partition coefficient (Wildman–Crippen LogP) is 10.5. The molecule has 0 saturated heterocycles. The van der Waals surface area contributed by atoms with E-state index in [1.54, 1.807) is 11.8 Å². The lowest BCUT2D eigenvalue weighted by molar-refractivity contribution is -0.143. The normalized spacial score (nSPS) is 19.4. The first-order valence-electron chi connectivity index (χ1n) is 16.2. The van der Waals surface area contributed by atoms with E-state index in [-0.39, 0.29) is 22.6 Å². The summed E-state index contributed by atoms with van der Waals surface area (Å²) in [7, 11) is 0. The molecule has 3 atom stereocenters. The Bertz CT molecular complexity index is 642. The molecule has 1 rings (SSSR count). The topological polar surface area (TPSA) is 43.4 Å². The van der Waals surface area contributed by atoms with Gasteiger partial charge in [-0.3, -0.25) is 9.59 Å². The first-order chi connectivity index (χ1) is 18.3. The maximum absolute atomic E-state index is 13.0. The predicted molar refractivity (Wildman–Crippen MR) is 167 cm³/mol. The third-order valence-corrected chi connectivity index (χ3v) is 9.43. The van der Waals surface area contributed by atoms with Crippen LogP contribution in [0, 0.1) is 17.3 Å². The highest BCUT2D eigenvalue weighted by molar-refractivity contribution is 7.99. The van der Waals surface area contributed by atoms with Gasteiger partial charge in [-0.05, 0) is 24.2 Å². The summed E-state index contributed by atoms with van der Waals surface area (Å²) in [5.74, 6) is 1.42. The van der Waals surface area contributed by atoms with Crippen LogP contribution in [-0.2, 0) is 14.3 Å². The number of thioether (sulfide) groups is 1. The molecule has 1 aliphatic carbocycles. The Hall–Kier alpha value is -0.770. The molecule has 1 aliphatic rings. The lowest BCUT2D eigenvalue weighted by Crippen LogP contribution is -2.38. The fourth-order valence-electron chi connectivity index (χ4n) is 5.99. The van der Waals surface area contributed by atoms with E-state index < -0.39 is 0 Å². The van der Waals surface area contributed by atoms with Gasteiger partial charge in [-0.2, -0.15) is 11.8 Å². The average Bonchev–Trinajstić information content (AvgIpc) is 2.85. The number of ketones is 1. The monoisotopic (exact) mass is 550 g/mol. The Morgan fingerprint density at radius 2 is 1.37 bits per heavy atom. The van der Waals surface area contributed by atoms with Crippen molar-refractivity contribution in [2.75, 3.05) is 12.4 Å². The molecule has 0 fully saturated rings. The van der Waals surface area contributed by atoms with Crippen LogP contribution in [0.15, 0.2) is 12.2 Å². The van der Waals surface area contributed by atoms with Crippen molar-refractivity contribution in [1.29, 1.82) is 0 Å². The highest BCUT2D eigenvalue weighted by Gasteiger charge is 2.39. The highest BCUT2D eigenvalue weighted by atomic mass is 32.2. The summed E-state index contributed by atoms with van der Waals surface area (Å²) in [5, 5.41) is 0.240. The summed E-state index contributed by atoms with van der Waals surface area (Å²) >= 11 is 1.72. The van der Waals surface area contributed by atoms with Crippen molar-refractivity contribution < 1.29 is 14.3 Å². The minimum absolute atomic E-state index is 0.0338. The summed E-state index contributed by atoms with van der Waals surface area (Å²) in [5.41, 5.74) is 0.0338. The van der Waals surface area contributed by atoms with E-state index in [2.05, 4.69) is 46.8 Å². The Morgan fingerprint density at radius 3 is 1.87 bits per heavy atom. The molecular weight excluding hydrogens is 488 g/mol. The molecule has 0 spiro atoms. The quantitative estimate of drug-likeness (QED) is 0.0681. The van der Waals surface area contributed by atoms with Crippen LogP contribution >= 0.6 is 11.8 Å². The van der Waals surface area contributed by atoms with Gasteiger partial charge < -0.3 is 4.74 Å². The van der Waals surface area contributed by atoms with Crippen LogP contribution in [0.3, 0.4) is 0 Å². The van der Waals surface area contributed by atoms with Crippen molar-refractivity contribution in [2.45, 2.75) is 162 Å². The second kappa shape index (κ2) is 22.0. The van der Waals surface area contributed by atoms with Crippen LogP contribution in [-0.4, -0.2) is 29.4 Å². The maximum atomic E-state index is 13.0. The molecular formula is C34H62O3S. The van der Waals surface area contributed by atoms with Crippen molar-refractivity contribution in [2.24, 2.45) is 17.3 Å². The second-order valence-electron chi connectivity index (χ2n) is 12.6. The fraction of sp³-hybridized carbons (Fsp3) is 0.882. The minimum Gasteiger partial charge on any atom is -0.466 e. The molecule has 38 heavy (non-hydrogen) atoms. The molecule has 3 unspecified atom stereocenters. The van der Waals surface area contributed by atoms with Gasteiger partial charge in [-0.1, -0.05) is 143 Å². The van der Waals surface area contributed by atoms with Crippen LogP contribution in [0.25, 0.3) is 0 Å². The van der Waals surface area contributed by atoms with E-state index in [1.807, 2.05) is 0 Å². The molecule has 0 saturated carbocycles. The molecule has 0 aliphatic heterocycles. The van der Waals surface area contributed by atoms with Crippen LogP contribution in [0.4, 0.5) is 0 Å². The van der Waals surface area contributed by atoms with E-state index in [4.69, 9.17) is 4.74 Å². The van der Waals surface area contributed by atoms with Crippen LogP contribution in [0.2, 0.25) is 0 Å². The largest absolute Gasteiger partial charge is 0.466 e. The van der Waals surface area contributed by atoms with Gasteiger partial charge in [0, 0.05) is 23.3 Å². The number of unbranched alkanes of at least 4 members (excludes halogenated alkanes) is 15. The molecule has 0 bridgehead atoms. The molecule has 222 valence electrons. The number of carbonyl (C=O) groups is 2. The summed E-state index contributed by atoms with van der Waals surface area (Å²) in [6.07, 6.45) is 28.0. The molecule has 0 amide bonds. The number of ether oxygens (including phenoxy) is 1. The highest BCUT2D eigenvalue weighted by Crippen LogP contribution is 2.42. The zero-order chi connectivity index (χ0) is 28.1. The van der Waals surface area contributed by atoms with Gasteiger partial charge in [-0.15, -0.1) is 0 Å². The maximum Gasteiger partial charge on any atom is 0.306 e. The van der Waals surface area contributed by atoms with Crippen molar-refractivity contribution in [3.8, 4) is 0 Å². The standard InChI is InChI=1S/C34H62O3S/c1-6-7-8-9-10-11-12-13-14-15-16-17-18-19-20-21-26-37-32(36)24-27-38-30(3)28-31(35)33-29(2)23-22-25-34(33,4)5/h22-23,29-30,33H,6-21,24-28H2,1-5H3. The summed E-state index contributed by atoms with van der Waals surface area (Å²) in [6.45, 7) is 11.5. The lowest BCUT2D eigenvalue weighted by atomic mass is 9.65. The van der Waals surface area contributed by atoms with Crippen LogP contribution in [0.1, 0.15) is 157 Å². The Kier molecular flexibility index (Phi) is 20.4. The molecule has 4 heteroatoms. The lowest BCUT2D eigenvalue weighted by Gasteiger charge is -2.39. The molecule has 0 radical (unpaired) electrons. The minimum atomic E-state index is -0.0934. The number of esters is 1. The number of hydrogen-bond donors (Lipinski definition) is 0. The SMILES string of the molecule is CCCCCCCCCCCCCCCCCCOC(=O)CCSC(C)CC(=O)C1C(C)C=CCC1(C)C. The number of allylic oxidation sites excluding steroid dienone is 2. The van der Waals surface area contributed by atoms with E-state index in [0.717, 1.165) is 25.0 Å². The molecule has 0 aromatic rings. The van der Waals surface area contributed by atoms with E-state index in [1.165, 1.54) is 89.9 Å². The molecule has 3 nitrogen and oxygen atoms in total. The molecule has 0 N–H and O–H groups in total. The molecule has 0 aromatic heterocycles. The van der Waals surface area contributed by atoms with Crippen LogP contribution < -0.4 is 0 Å².